The van der Waals surface area contributed by atoms with E-state index < -0.39 is 54.1 Å². The van der Waals surface area contributed by atoms with Crippen molar-refractivity contribution in [2.45, 2.75) is 30.0 Å². The van der Waals surface area contributed by atoms with Crippen LogP contribution in [0.15, 0.2) is 27.7 Å². The summed E-state index contributed by atoms with van der Waals surface area (Å²) in [5.41, 5.74) is -3.54. The Kier molecular flexibility index (Phi) is 4.33. The maximum Gasteiger partial charge on any atom is 0.416 e. The molecular weight excluding hydrogens is 393 g/mol. The number of aromatic nitrogens is 1. The number of carbonyl (C=O) groups excluding carboxylic acids is 1. The highest BCUT2D eigenvalue weighted by Crippen LogP contribution is 2.44. The van der Waals surface area contributed by atoms with Crippen molar-refractivity contribution in [2.24, 2.45) is 0 Å². The summed E-state index contributed by atoms with van der Waals surface area (Å²) < 4.78 is 67.2. The molecule has 0 amide bonds. The van der Waals surface area contributed by atoms with Gasteiger partial charge in [0, 0.05) is 18.2 Å². The summed E-state index contributed by atoms with van der Waals surface area (Å²) in [6.45, 7) is 0. The van der Waals surface area contributed by atoms with E-state index in [4.69, 9.17) is 4.52 Å². The Hall–Kier alpha value is -2.76. The van der Waals surface area contributed by atoms with Crippen molar-refractivity contribution in [2.75, 3.05) is 6.26 Å². The van der Waals surface area contributed by atoms with Crippen LogP contribution in [0.5, 0.6) is 0 Å². The highest BCUT2D eigenvalue weighted by Gasteiger charge is 2.40. The van der Waals surface area contributed by atoms with Gasteiger partial charge in [-0.1, -0.05) is 5.16 Å². The summed E-state index contributed by atoms with van der Waals surface area (Å²) >= 11 is 0. The number of benzene rings is 1. The lowest BCUT2D eigenvalue weighted by molar-refractivity contribution is -0.385. The highest BCUT2D eigenvalue weighted by molar-refractivity contribution is 7.90. The molecule has 27 heavy (non-hydrogen) atoms. The SMILES string of the molecule is CS(=O)(=O)c1noc(C2CC2)c1C(=O)c1ccc(C(F)(F)F)cc1[N+](=O)[O-]. The maximum atomic E-state index is 12.9. The standard InChI is InChI=1S/C15H11F3N2O6S/c1-27(24,25)14-11(13(26-19-14)7-2-3-7)12(21)9-5-4-8(15(16,17)18)6-10(9)20(22)23/h4-7H,2-3H2,1H3. The third-order valence-electron chi connectivity index (χ3n) is 3.98. The first-order valence-corrected chi connectivity index (χ1v) is 9.40. The molecule has 0 atom stereocenters. The average molecular weight is 404 g/mol. The summed E-state index contributed by atoms with van der Waals surface area (Å²) in [4.78, 5) is 22.9. The largest absolute Gasteiger partial charge is 0.416 e. The van der Waals surface area contributed by atoms with E-state index in [-0.39, 0.29) is 17.7 Å². The first kappa shape index (κ1) is 19.0. The van der Waals surface area contributed by atoms with Gasteiger partial charge in [0.05, 0.1) is 10.5 Å². The number of nitro benzene ring substituents is 1. The van der Waals surface area contributed by atoms with Crippen LogP contribution in [0.4, 0.5) is 18.9 Å². The Balaban J connectivity index is 2.20. The third-order valence-corrected chi connectivity index (χ3v) is 4.96. The second-order valence-corrected chi connectivity index (χ2v) is 8.02. The van der Waals surface area contributed by atoms with E-state index in [9.17, 15) is 36.5 Å². The van der Waals surface area contributed by atoms with Crippen molar-refractivity contribution in [3.63, 3.8) is 0 Å². The van der Waals surface area contributed by atoms with Gasteiger partial charge in [0.2, 0.25) is 10.8 Å². The van der Waals surface area contributed by atoms with Crippen LogP contribution < -0.4 is 0 Å². The Morgan fingerprint density at radius 1 is 1.33 bits per heavy atom. The van der Waals surface area contributed by atoms with Crippen molar-refractivity contribution >= 4 is 21.3 Å². The summed E-state index contributed by atoms with van der Waals surface area (Å²) in [5, 5.41) is 13.9. The van der Waals surface area contributed by atoms with Crippen molar-refractivity contribution < 1.29 is 35.8 Å². The third kappa shape index (κ3) is 3.56. The summed E-state index contributed by atoms with van der Waals surface area (Å²) in [7, 11) is -4.01. The number of hydrogen-bond acceptors (Lipinski definition) is 7. The lowest BCUT2D eigenvalue weighted by atomic mass is 9.99. The monoisotopic (exact) mass is 404 g/mol. The van der Waals surface area contributed by atoms with Crippen LogP contribution in [-0.4, -0.2) is 30.5 Å². The van der Waals surface area contributed by atoms with Gasteiger partial charge in [-0.3, -0.25) is 14.9 Å². The number of carbonyl (C=O) groups is 1. The molecule has 0 spiro atoms. The molecule has 0 N–H and O–H groups in total. The molecule has 0 saturated heterocycles. The Morgan fingerprint density at radius 2 is 1.96 bits per heavy atom. The number of ketones is 1. The van der Waals surface area contributed by atoms with E-state index in [0.29, 0.717) is 25.0 Å². The summed E-state index contributed by atoms with van der Waals surface area (Å²) in [6, 6.07) is 1.40. The van der Waals surface area contributed by atoms with Gasteiger partial charge in [-0.05, 0) is 25.0 Å². The molecule has 0 aliphatic heterocycles. The molecule has 1 aliphatic rings. The lowest BCUT2D eigenvalue weighted by Crippen LogP contribution is -2.13. The molecule has 0 radical (unpaired) electrons. The van der Waals surface area contributed by atoms with Crippen molar-refractivity contribution in [1.29, 1.82) is 0 Å². The number of nitrogens with zero attached hydrogens (tertiary/aromatic N) is 2. The van der Waals surface area contributed by atoms with Gasteiger partial charge in [-0.25, -0.2) is 8.42 Å². The van der Waals surface area contributed by atoms with Crippen LogP contribution in [0.3, 0.4) is 0 Å². The van der Waals surface area contributed by atoms with E-state index in [0.717, 1.165) is 6.26 Å². The van der Waals surface area contributed by atoms with E-state index in [1.165, 1.54) is 0 Å². The van der Waals surface area contributed by atoms with Crippen LogP contribution in [-0.2, 0) is 16.0 Å². The van der Waals surface area contributed by atoms with Gasteiger partial charge in [0.15, 0.2) is 15.6 Å². The van der Waals surface area contributed by atoms with Crippen LogP contribution >= 0.6 is 0 Å². The van der Waals surface area contributed by atoms with Crippen LogP contribution in [0.2, 0.25) is 0 Å². The van der Waals surface area contributed by atoms with Crippen LogP contribution in [0.25, 0.3) is 0 Å². The van der Waals surface area contributed by atoms with E-state index in [1.807, 2.05) is 0 Å². The summed E-state index contributed by atoms with van der Waals surface area (Å²) in [6.07, 6.45) is -2.86. The van der Waals surface area contributed by atoms with Gasteiger partial charge in [0.25, 0.3) is 5.69 Å². The Morgan fingerprint density at radius 3 is 2.44 bits per heavy atom. The highest BCUT2D eigenvalue weighted by atomic mass is 32.2. The number of halogens is 3. The van der Waals surface area contributed by atoms with Crippen molar-refractivity contribution in [3.8, 4) is 0 Å². The molecule has 1 fully saturated rings. The van der Waals surface area contributed by atoms with E-state index in [2.05, 4.69) is 5.16 Å². The molecular formula is C15H11F3N2O6S. The molecule has 1 aromatic carbocycles. The number of hydrogen-bond donors (Lipinski definition) is 0. The van der Waals surface area contributed by atoms with Crippen molar-refractivity contribution in [3.05, 3.63) is 50.8 Å². The normalized spacial score (nSPS) is 15.0. The number of alkyl halides is 3. The quantitative estimate of drug-likeness (QED) is 0.426. The molecule has 0 unspecified atom stereocenters. The molecule has 1 heterocycles. The minimum atomic E-state index is -4.85. The molecule has 12 heteroatoms. The van der Waals surface area contributed by atoms with Crippen LogP contribution in [0.1, 0.15) is 46.0 Å². The van der Waals surface area contributed by atoms with E-state index in [1.54, 1.807) is 0 Å². The molecule has 8 nitrogen and oxygen atoms in total. The smallest absolute Gasteiger partial charge is 0.359 e. The number of sulfone groups is 1. The molecule has 1 saturated carbocycles. The van der Waals surface area contributed by atoms with E-state index >= 15 is 0 Å². The maximum absolute atomic E-state index is 12.9. The minimum Gasteiger partial charge on any atom is -0.359 e. The zero-order valence-electron chi connectivity index (χ0n) is 13.6. The molecule has 1 aromatic heterocycles. The second kappa shape index (κ2) is 6.15. The fraction of sp³-hybridized carbons (Fsp3) is 0.333. The van der Waals surface area contributed by atoms with Gasteiger partial charge in [0.1, 0.15) is 11.1 Å². The fourth-order valence-electron chi connectivity index (χ4n) is 2.56. The van der Waals surface area contributed by atoms with Gasteiger partial charge in [-0.2, -0.15) is 13.2 Å². The molecule has 1 aliphatic carbocycles. The first-order valence-electron chi connectivity index (χ1n) is 7.51. The lowest BCUT2D eigenvalue weighted by Gasteiger charge is -2.08. The van der Waals surface area contributed by atoms with Crippen LogP contribution in [0, 0.1) is 10.1 Å². The molecule has 144 valence electrons. The first-order chi connectivity index (χ1) is 12.4. The zero-order valence-corrected chi connectivity index (χ0v) is 14.4. The Labute approximate surface area is 150 Å². The van der Waals surface area contributed by atoms with Gasteiger partial charge in [-0.15, -0.1) is 0 Å². The van der Waals surface area contributed by atoms with Gasteiger partial charge < -0.3 is 4.52 Å². The molecule has 3 rings (SSSR count). The summed E-state index contributed by atoms with van der Waals surface area (Å²) in [5.74, 6) is -1.42. The fourth-order valence-corrected chi connectivity index (χ4v) is 3.30. The predicted molar refractivity (Wildman–Crippen MR) is 83.1 cm³/mol. The predicted octanol–water partition coefficient (Wildman–Crippen LogP) is 3.11. The zero-order chi connectivity index (χ0) is 20.1. The minimum absolute atomic E-state index is 0.0328. The molecule has 2 aromatic rings. The number of rotatable bonds is 5. The van der Waals surface area contributed by atoms with Crippen molar-refractivity contribution in [1.82, 2.24) is 5.16 Å². The average Bonchev–Trinajstić information content (AvgIpc) is 3.29. The topological polar surface area (TPSA) is 120 Å². The van der Waals surface area contributed by atoms with Gasteiger partial charge >= 0.3 is 6.18 Å². The Bertz CT molecular complexity index is 1050. The second-order valence-electron chi connectivity index (χ2n) is 6.09. The molecule has 0 bridgehead atoms. The number of nitro groups is 1.